The summed E-state index contributed by atoms with van der Waals surface area (Å²) in [6, 6.07) is 4.90. The molecular formula is C13H17ClN4O2. The second-order valence-corrected chi connectivity index (χ2v) is 5.24. The Balaban J connectivity index is 1.92. The quantitative estimate of drug-likeness (QED) is 0.802. The van der Waals surface area contributed by atoms with Gasteiger partial charge in [-0.2, -0.15) is 0 Å². The van der Waals surface area contributed by atoms with Gasteiger partial charge in [-0.1, -0.05) is 11.6 Å². The number of nitrogens with two attached hydrogens (primary N) is 1. The van der Waals surface area contributed by atoms with Crippen LogP contribution in [0.3, 0.4) is 0 Å². The molecule has 0 unspecified atom stereocenters. The Morgan fingerprint density at radius 3 is 2.90 bits per heavy atom. The number of nitrogens with zero attached hydrogens (tertiary/aromatic N) is 2. The number of nitrogens with one attached hydrogen (secondary N) is 1. The molecule has 0 spiro atoms. The van der Waals surface area contributed by atoms with Gasteiger partial charge in [-0.05, 0) is 18.2 Å². The molecule has 0 saturated carbocycles. The van der Waals surface area contributed by atoms with Gasteiger partial charge in [0, 0.05) is 25.2 Å². The molecule has 1 aromatic rings. The molecule has 1 heterocycles. The Hall–Kier alpha value is -1.79. The molecule has 0 aliphatic carbocycles. The second kappa shape index (κ2) is 6.11. The summed E-state index contributed by atoms with van der Waals surface area (Å²) in [5, 5.41) is 3.21. The van der Waals surface area contributed by atoms with Gasteiger partial charge in [0.2, 0.25) is 11.8 Å². The van der Waals surface area contributed by atoms with Gasteiger partial charge in [0.05, 0.1) is 24.5 Å². The Morgan fingerprint density at radius 1 is 1.45 bits per heavy atom. The number of carbonyl (C=O) groups excluding carboxylic acids is 2. The van der Waals surface area contributed by atoms with Crippen LogP contribution in [0.15, 0.2) is 18.2 Å². The van der Waals surface area contributed by atoms with Crippen LogP contribution < -0.4 is 11.1 Å². The van der Waals surface area contributed by atoms with Crippen LogP contribution >= 0.6 is 11.6 Å². The van der Waals surface area contributed by atoms with E-state index in [2.05, 4.69) is 5.32 Å². The molecule has 20 heavy (non-hydrogen) atoms. The number of halogens is 1. The molecule has 1 aromatic carbocycles. The van der Waals surface area contributed by atoms with E-state index in [1.54, 1.807) is 35.0 Å². The number of benzene rings is 1. The molecule has 1 saturated heterocycles. The van der Waals surface area contributed by atoms with Gasteiger partial charge in [0.15, 0.2) is 0 Å². The van der Waals surface area contributed by atoms with Gasteiger partial charge in [0.25, 0.3) is 0 Å². The molecule has 0 atom stereocenters. The zero-order valence-electron chi connectivity index (χ0n) is 11.2. The molecule has 1 aliphatic rings. The van der Waals surface area contributed by atoms with Gasteiger partial charge in [-0.15, -0.1) is 0 Å². The summed E-state index contributed by atoms with van der Waals surface area (Å²) in [4.78, 5) is 27.0. The van der Waals surface area contributed by atoms with Gasteiger partial charge < -0.3 is 16.0 Å². The first-order valence-corrected chi connectivity index (χ1v) is 6.64. The molecule has 0 radical (unpaired) electrons. The van der Waals surface area contributed by atoms with Crippen molar-refractivity contribution in [1.29, 1.82) is 0 Å². The fourth-order valence-electron chi connectivity index (χ4n) is 1.97. The maximum absolute atomic E-state index is 12.0. The summed E-state index contributed by atoms with van der Waals surface area (Å²) < 4.78 is 0. The van der Waals surface area contributed by atoms with E-state index >= 15 is 0 Å². The van der Waals surface area contributed by atoms with Crippen molar-refractivity contribution in [1.82, 2.24) is 9.80 Å². The molecule has 108 valence electrons. The second-order valence-electron chi connectivity index (χ2n) is 4.81. The number of amides is 2. The summed E-state index contributed by atoms with van der Waals surface area (Å²) in [5.74, 6) is -0.192. The van der Waals surface area contributed by atoms with Crippen molar-refractivity contribution in [2.75, 3.05) is 44.3 Å². The third-order valence-corrected chi connectivity index (χ3v) is 3.43. The van der Waals surface area contributed by atoms with Crippen molar-refractivity contribution < 1.29 is 9.59 Å². The van der Waals surface area contributed by atoms with Crippen LogP contribution in [-0.4, -0.2) is 54.8 Å². The number of rotatable bonds is 3. The van der Waals surface area contributed by atoms with Crippen molar-refractivity contribution in [3.05, 3.63) is 23.2 Å². The highest BCUT2D eigenvalue weighted by Crippen LogP contribution is 2.22. The largest absolute Gasteiger partial charge is 0.397 e. The summed E-state index contributed by atoms with van der Waals surface area (Å²) in [6.07, 6.45) is 0. The summed E-state index contributed by atoms with van der Waals surface area (Å²) >= 11 is 5.86. The first kappa shape index (κ1) is 14.6. The minimum absolute atomic E-state index is 0.0197. The predicted molar refractivity (Wildman–Crippen MR) is 78.6 cm³/mol. The minimum atomic E-state index is -0.212. The molecule has 1 fully saturated rings. The van der Waals surface area contributed by atoms with Crippen LogP contribution in [0.4, 0.5) is 11.4 Å². The van der Waals surface area contributed by atoms with Gasteiger partial charge in [-0.3, -0.25) is 14.5 Å². The normalized spacial score (nSPS) is 16.3. The number of nitrogen functional groups attached to an aromatic ring is 1. The van der Waals surface area contributed by atoms with E-state index in [1.807, 2.05) is 0 Å². The molecule has 7 heteroatoms. The van der Waals surface area contributed by atoms with Crippen molar-refractivity contribution in [2.24, 2.45) is 0 Å². The first-order chi connectivity index (χ1) is 9.45. The lowest BCUT2D eigenvalue weighted by Crippen LogP contribution is -2.50. The van der Waals surface area contributed by atoms with Gasteiger partial charge in [0.1, 0.15) is 0 Å². The molecule has 0 aromatic heterocycles. The molecule has 3 N–H and O–H groups in total. The van der Waals surface area contributed by atoms with Crippen LogP contribution in [-0.2, 0) is 9.59 Å². The molecule has 2 amide bonds. The van der Waals surface area contributed by atoms with Crippen molar-refractivity contribution in [2.45, 2.75) is 0 Å². The van der Waals surface area contributed by atoms with Crippen molar-refractivity contribution >= 4 is 34.8 Å². The number of hydrogen-bond donors (Lipinski definition) is 2. The summed E-state index contributed by atoms with van der Waals surface area (Å²) in [6.45, 7) is 1.73. The first-order valence-electron chi connectivity index (χ1n) is 6.27. The van der Waals surface area contributed by atoms with Crippen LogP contribution in [0, 0.1) is 0 Å². The highest BCUT2D eigenvalue weighted by Gasteiger charge is 2.22. The molecule has 6 nitrogen and oxygen atoms in total. The Morgan fingerprint density at radius 2 is 2.20 bits per heavy atom. The van der Waals surface area contributed by atoms with E-state index < -0.39 is 0 Å². The van der Waals surface area contributed by atoms with Crippen LogP contribution in [0.5, 0.6) is 0 Å². The topological polar surface area (TPSA) is 78.7 Å². The third-order valence-electron chi connectivity index (χ3n) is 3.19. The average molecular weight is 297 g/mol. The Kier molecular flexibility index (Phi) is 4.46. The van der Waals surface area contributed by atoms with E-state index in [1.165, 1.54) is 0 Å². The van der Waals surface area contributed by atoms with Crippen LogP contribution in [0.1, 0.15) is 0 Å². The van der Waals surface area contributed by atoms with Crippen molar-refractivity contribution in [3.8, 4) is 0 Å². The summed E-state index contributed by atoms with van der Waals surface area (Å²) in [7, 11) is 1.76. The van der Waals surface area contributed by atoms with E-state index in [-0.39, 0.29) is 24.9 Å². The lowest BCUT2D eigenvalue weighted by Gasteiger charge is -2.31. The zero-order valence-corrected chi connectivity index (χ0v) is 12.0. The van der Waals surface area contributed by atoms with Gasteiger partial charge in [-0.25, -0.2) is 0 Å². The minimum Gasteiger partial charge on any atom is -0.397 e. The molecule has 0 bridgehead atoms. The fraction of sp³-hybridized carbons (Fsp3) is 0.385. The predicted octanol–water partition coefficient (Wildman–Crippen LogP) is 0.635. The number of hydrogen-bond acceptors (Lipinski definition) is 4. The smallest absolute Gasteiger partial charge is 0.238 e. The molecule has 1 aliphatic heterocycles. The van der Waals surface area contributed by atoms with E-state index in [0.29, 0.717) is 29.5 Å². The number of anilines is 2. The average Bonchev–Trinajstić information content (AvgIpc) is 2.38. The monoisotopic (exact) mass is 296 g/mol. The zero-order chi connectivity index (χ0) is 14.7. The lowest BCUT2D eigenvalue weighted by atomic mass is 10.2. The lowest BCUT2D eigenvalue weighted by molar-refractivity contribution is -0.135. The summed E-state index contributed by atoms with van der Waals surface area (Å²) in [5.41, 5.74) is 6.71. The number of piperazine rings is 1. The number of carbonyl (C=O) groups is 2. The highest BCUT2D eigenvalue weighted by molar-refractivity contribution is 6.31. The van der Waals surface area contributed by atoms with E-state index in [0.717, 1.165) is 0 Å². The Labute approximate surface area is 122 Å². The highest BCUT2D eigenvalue weighted by atomic mass is 35.5. The SMILES string of the molecule is CN1CCN(CC(=O)Nc2cc(Cl)ccc2N)CC1=O. The van der Waals surface area contributed by atoms with Crippen LogP contribution in [0.25, 0.3) is 0 Å². The van der Waals surface area contributed by atoms with Gasteiger partial charge >= 0.3 is 0 Å². The maximum atomic E-state index is 12.0. The number of likely N-dealkylation sites (N-methyl/N-ethyl adjacent to an activating group) is 1. The standard InChI is InChI=1S/C13H17ClN4O2/c1-17-4-5-18(8-13(17)20)7-12(19)16-11-6-9(14)2-3-10(11)15/h2-3,6H,4-5,7-8,15H2,1H3,(H,16,19). The molecular weight excluding hydrogens is 280 g/mol. The maximum Gasteiger partial charge on any atom is 0.238 e. The van der Waals surface area contributed by atoms with Crippen LogP contribution in [0.2, 0.25) is 5.02 Å². The fourth-order valence-corrected chi connectivity index (χ4v) is 2.14. The van der Waals surface area contributed by atoms with Crippen molar-refractivity contribution in [3.63, 3.8) is 0 Å². The van der Waals surface area contributed by atoms with E-state index in [4.69, 9.17) is 17.3 Å². The Bertz CT molecular complexity index is 535. The third kappa shape index (κ3) is 3.61. The molecule has 2 rings (SSSR count). The van der Waals surface area contributed by atoms with E-state index in [9.17, 15) is 9.59 Å².